The van der Waals surface area contributed by atoms with Crippen LogP contribution in [-0.2, 0) is 6.42 Å². The molecule has 290 valence electrons. The van der Waals surface area contributed by atoms with Crippen LogP contribution in [0, 0.1) is 6.92 Å². The SMILES string of the molecule is CCCCc1ccc(N2c3cc(N(c4ccccc4)c4ccccc4)ccc3B3c4c(cc(C)cc42)-c2cccc4c5c6ccccc6ccc5n3c24)c(-c2ccccc2)c1. The largest absolute Gasteiger partial charge is 0.375 e. The number of rotatable bonds is 8. The molecule has 2 aliphatic rings. The third kappa shape index (κ3) is 5.52. The van der Waals surface area contributed by atoms with Crippen molar-refractivity contribution in [2.75, 3.05) is 9.80 Å². The highest BCUT2D eigenvalue weighted by atomic mass is 15.2. The average Bonchev–Trinajstić information content (AvgIpc) is 3.66. The number of aromatic nitrogens is 1. The number of aryl methyl sites for hydroxylation is 2. The van der Waals surface area contributed by atoms with E-state index < -0.39 is 0 Å². The van der Waals surface area contributed by atoms with Crippen molar-refractivity contribution in [3.63, 3.8) is 0 Å². The molecular formula is C57H44BN3. The Morgan fingerprint density at radius 3 is 2.02 bits per heavy atom. The van der Waals surface area contributed by atoms with Crippen molar-refractivity contribution in [3.8, 4) is 22.3 Å². The standard InChI is InChI=1S/C57H44BN3/c1-3-4-17-39-28-32-51(48(36-39)40-18-8-5-9-19-40)60-53-37-44(59(42-21-10-6-11-22-42)43-23-12-7-13-24-43)30-31-50(53)58-56-49(34-38(2)35-54(56)60)46-26-16-27-47-55-45-25-15-14-20-41(45)29-33-52(55)61(58)57(46)47/h5-16,18-37H,3-4,17H2,1-2H3. The highest BCUT2D eigenvalue weighted by Crippen LogP contribution is 2.49. The van der Waals surface area contributed by atoms with Crippen molar-refractivity contribution < 1.29 is 0 Å². The highest BCUT2D eigenvalue weighted by Gasteiger charge is 2.43. The summed E-state index contributed by atoms with van der Waals surface area (Å²) < 4.78 is 2.68. The van der Waals surface area contributed by atoms with Crippen LogP contribution >= 0.6 is 0 Å². The summed E-state index contributed by atoms with van der Waals surface area (Å²) in [4.78, 5) is 5.00. The molecule has 3 heterocycles. The maximum atomic E-state index is 2.68. The Morgan fingerprint density at radius 1 is 0.525 bits per heavy atom. The zero-order chi connectivity index (χ0) is 40.6. The third-order valence-corrected chi connectivity index (χ3v) is 13.1. The van der Waals surface area contributed by atoms with Crippen LogP contribution in [0.25, 0.3) is 54.8 Å². The van der Waals surface area contributed by atoms with Crippen molar-refractivity contribution in [1.82, 2.24) is 4.48 Å². The van der Waals surface area contributed by atoms with Crippen molar-refractivity contribution in [3.05, 3.63) is 205 Å². The fraction of sp³-hybridized carbons (Fsp3) is 0.0877. The number of benzene rings is 9. The van der Waals surface area contributed by atoms with E-state index in [2.05, 4.69) is 222 Å². The van der Waals surface area contributed by atoms with E-state index >= 15 is 0 Å². The molecule has 2 aliphatic heterocycles. The van der Waals surface area contributed by atoms with Crippen LogP contribution in [0.15, 0.2) is 194 Å². The minimum Gasteiger partial charge on any atom is -0.375 e. The first kappa shape index (κ1) is 35.6. The maximum absolute atomic E-state index is 2.68. The summed E-state index contributed by atoms with van der Waals surface area (Å²) in [5.74, 6) is 0. The van der Waals surface area contributed by atoms with E-state index in [1.54, 1.807) is 0 Å². The monoisotopic (exact) mass is 781 g/mol. The van der Waals surface area contributed by atoms with Crippen LogP contribution in [0.3, 0.4) is 0 Å². The molecular weight excluding hydrogens is 737 g/mol. The number of hydrogen-bond donors (Lipinski definition) is 0. The quantitative estimate of drug-likeness (QED) is 0.142. The zero-order valence-electron chi connectivity index (χ0n) is 34.5. The van der Waals surface area contributed by atoms with Gasteiger partial charge < -0.3 is 14.3 Å². The molecule has 12 rings (SSSR count). The predicted octanol–water partition coefficient (Wildman–Crippen LogP) is 14.2. The van der Waals surface area contributed by atoms with Gasteiger partial charge in [0.25, 0.3) is 0 Å². The van der Waals surface area contributed by atoms with Gasteiger partial charge in [0.15, 0.2) is 0 Å². The van der Waals surface area contributed by atoms with E-state index in [9.17, 15) is 0 Å². The summed E-state index contributed by atoms with van der Waals surface area (Å²) in [5, 5.41) is 5.21. The van der Waals surface area contributed by atoms with Crippen LogP contribution in [0.2, 0.25) is 0 Å². The lowest BCUT2D eigenvalue weighted by molar-refractivity contribution is 0.795. The molecule has 0 N–H and O–H groups in total. The van der Waals surface area contributed by atoms with E-state index in [1.165, 1.54) is 107 Å². The van der Waals surface area contributed by atoms with Crippen molar-refractivity contribution in [2.24, 2.45) is 0 Å². The Morgan fingerprint density at radius 2 is 1.25 bits per heavy atom. The van der Waals surface area contributed by atoms with Crippen molar-refractivity contribution in [1.29, 1.82) is 0 Å². The molecule has 0 saturated heterocycles. The van der Waals surface area contributed by atoms with Gasteiger partial charge in [-0.1, -0.05) is 147 Å². The molecule has 0 saturated carbocycles. The number of nitrogens with zero attached hydrogens (tertiary/aromatic N) is 3. The van der Waals surface area contributed by atoms with Crippen molar-refractivity contribution in [2.45, 2.75) is 33.1 Å². The minimum atomic E-state index is -0.0483. The molecule has 0 bridgehead atoms. The van der Waals surface area contributed by atoms with Crippen LogP contribution < -0.4 is 20.7 Å². The summed E-state index contributed by atoms with van der Waals surface area (Å²) in [6, 6.07) is 72.5. The molecule has 0 fully saturated rings. The van der Waals surface area contributed by atoms with Crippen LogP contribution in [0.4, 0.5) is 34.1 Å². The molecule has 0 amide bonds. The fourth-order valence-corrected chi connectivity index (χ4v) is 10.5. The van der Waals surface area contributed by atoms with E-state index in [-0.39, 0.29) is 6.85 Å². The number of unbranched alkanes of at least 4 members (excludes halogenated alkanes) is 1. The zero-order valence-corrected chi connectivity index (χ0v) is 34.5. The smallest absolute Gasteiger partial charge is 0.333 e. The molecule has 0 spiro atoms. The van der Waals surface area contributed by atoms with Gasteiger partial charge in [-0.05, 0) is 124 Å². The Hall–Kier alpha value is -7.30. The number of fused-ring (bicyclic) bond motifs is 9. The lowest BCUT2D eigenvalue weighted by atomic mass is 9.45. The van der Waals surface area contributed by atoms with Crippen LogP contribution in [0.5, 0.6) is 0 Å². The van der Waals surface area contributed by atoms with Gasteiger partial charge in [-0.2, -0.15) is 0 Å². The normalized spacial score (nSPS) is 12.6. The topological polar surface area (TPSA) is 11.4 Å². The van der Waals surface area contributed by atoms with Gasteiger partial charge in [-0.25, -0.2) is 0 Å². The van der Waals surface area contributed by atoms with Gasteiger partial charge in [-0.15, -0.1) is 0 Å². The van der Waals surface area contributed by atoms with E-state index in [0.717, 1.165) is 23.5 Å². The molecule has 0 radical (unpaired) electrons. The first-order valence-electron chi connectivity index (χ1n) is 21.8. The van der Waals surface area contributed by atoms with Gasteiger partial charge >= 0.3 is 6.85 Å². The third-order valence-electron chi connectivity index (χ3n) is 13.1. The molecule has 9 aromatic carbocycles. The maximum Gasteiger partial charge on any atom is 0.333 e. The lowest BCUT2D eigenvalue weighted by Gasteiger charge is -2.42. The minimum absolute atomic E-state index is 0.0483. The number of para-hydroxylation sites is 3. The average molecular weight is 782 g/mol. The Labute approximate surface area is 357 Å². The second-order valence-corrected chi connectivity index (χ2v) is 16.8. The Bertz CT molecular complexity index is 3280. The molecule has 1 aromatic heterocycles. The van der Waals surface area contributed by atoms with Crippen LogP contribution in [-0.4, -0.2) is 11.3 Å². The van der Waals surface area contributed by atoms with E-state index in [1.807, 2.05) is 0 Å². The summed E-state index contributed by atoms with van der Waals surface area (Å²) in [6.07, 6.45) is 3.39. The van der Waals surface area contributed by atoms with Gasteiger partial charge in [0.1, 0.15) is 0 Å². The highest BCUT2D eigenvalue weighted by molar-refractivity contribution is 6.90. The molecule has 61 heavy (non-hydrogen) atoms. The second-order valence-electron chi connectivity index (χ2n) is 16.8. The van der Waals surface area contributed by atoms with Gasteiger partial charge in [0.2, 0.25) is 0 Å². The first-order chi connectivity index (χ1) is 30.2. The second kappa shape index (κ2) is 14.2. The van der Waals surface area contributed by atoms with Crippen molar-refractivity contribution >= 4 is 84.5 Å². The first-order valence-corrected chi connectivity index (χ1v) is 21.8. The summed E-state index contributed by atoms with van der Waals surface area (Å²) in [6.45, 7) is 4.50. The van der Waals surface area contributed by atoms with Gasteiger partial charge in [0.05, 0.1) is 5.69 Å². The molecule has 0 atom stereocenters. The molecule has 0 unspecified atom stereocenters. The number of anilines is 6. The lowest BCUT2D eigenvalue weighted by Crippen LogP contribution is -2.56. The Balaban J connectivity index is 1.20. The molecule has 3 nitrogen and oxygen atoms in total. The van der Waals surface area contributed by atoms with Gasteiger partial charge in [0, 0.05) is 61.4 Å². The van der Waals surface area contributed by atoms with E-state index in [0.29, 0.717) is 0 Å². The fourth-order valence-electron chi connectivity index (χ4n) is 10.5. The summed E-state index contributed by atoms with van der Waals surface area (Å²) >= 11 is 0. The van der Waals surface area contributed by atoms with E-state index in [4.69, 9.17) is 0 Å². The molecule has 0 aliphatic carbocycles. The number of hydrogen-bond acceptors (Lipinski definition) is 2. The summed E-state index contributed by atoms with van der Waals surface area (Å²) in [5.41, 5.74) is 19.9. The molecule has 4 heteroatoms. The predicted molar refractivity (Wildman–Crippen MR) is 261 cm³/mol. The molecule has 10 aromatic rings. The van der Waals surface area contributed by atoms with Gasteiger partial charge in [-0.3, -0.25) is 0 Å². The summed E-state index contributed by atoms with van der Waals surface area (Å²) in [7, 11) is 0. The van der Waals surface area contributed by atoms with Crippen LogP contribution in [0.1, 0.15) is 30.9 Å². The Kier molecular flexibility index (Phi) is 8.28.